The molecule has 5 nitrogen and oxygen atoms in total. The number of nitrogens with zero attached hydrogens (tertiary/aromatic N) is 1. The van der Waals surface area contributed by atoms with Crippen LogP contribution in [-0.2, 0) is 16.1 Å². The normalized spacial score (nSPS) is 20.9. The number of nitrogens with one attached hydrogen (secondary N) is 1. The van der Waals surface area contributed by atoms with E-state index in [-0.39, 0.29) is 24.2 Å². The monoisotopic (exact) mass is 207 g/mol. The molecular weight excluding hydrogens is 194 g/mol. The minimum Gasteiger partial charge on any atom is -0.369 e. The third kappa shape index (κ3) is 2.01. The number of aromatic amines is 1. The average molecular weight is 207 g/mol. The van der Waals surface area contributed by atoms with Crippen molar-refractivity contribution in [3.05, 3.63) is 24.0 Å². The molecule has 0 spiro atoms. The van der Waals surface area contributed by atoms with E-state index in [1.807, 2.05) is 12.3 Å². The van der Waals surface area contributed by atoms with Crippen molar-refractivity contribution >= 4 is 11.8 Å². The Morgan fingerprint density at radius 2 is 2.47 bits per heavy atom. The van der Waals surface area contributed by atoms with Gasteiger partial charge in [0.1, 0.15) is 0 Å². The second-order valence-electron chi connectivity index (χ2n) is 3.80. The SMILES string of the molecule is NC(=O)C1CC(=O)N(Cc2cc[nH]c2)C1. The minimum atomic E-state index is -0.389. The lowest BCUT2D eigenvalue weighted by molar-refractivity contribution is -0.128. The van der Waals surface area contributed by atoms with E-state index in [0.29, 0.717) is 13.1 Å². The van der Waals surface area contributed by atoms with E-state index in [0.717, 1.165) is 5.56 Å². The fourth-order valence-corrected chi connectivity index (χ4v) is 1.79. The number of hydrogen-bond donors (Lipinski definition) is 2. The number of likely N-dealkylation sites (tertiary alicyclic amines) is 1. The third-order valence-electron chi connectivity index (χ3n) is 2.65. The standard InChI is InChI=1S/C10H13N3O2/c11-10(15)8-3-9(14)13(6-8)5-7-1-2-12-4-7/h1-2,4,8,12H,3,5-6H2,(H2,11,15). The van der Waals surface area contributed by atoms with Crippen molar-refractivity contribution in [2.24, 2.45) is 11.7 Å². The van der Waals surface area contributed by atoms with E-state index in [1.165, 1.54) is 0 Å². The molecule has 1 saturated heterocycles. The quantitative estimate of drug-likeness (QED) is 0.722. The zero-order chi connectivity index (χ0) is 10.8. The van der Waals surface area contributed by atoms with E-state index in [2.05, 4.69) is 4.98 Å². The van der Waals surface area contributed by atoms with Crippen molar-refractivity contribution in [3.63, 3.8) is 0 Å². The van der Waals surface area contributed by atoms with E-state index >= 15 is 0 Å². The summed E-state index contributed by atoms with van der Waals surface area (Å²) in [7, 11) is 0. The van der Waals surface area contributed by atoms with Crippen LogP contribution in [0.3, 0.4) is 0 Å². The van der Waals surface area contributed by atoms with Crippen molar-refractivity contribution in [1.29, 1.82) is 0 Å². The molecule has 1 aliphatic heterocycles. The first kappa shape index (κ1) is 9.76. The molecule has 0 saturated carbocycles. The summed E-state index contributed by atoms with van der Waals surface area (Å²) in [6.45, 7) is 0.992. The van der Waals surface area contributed by atoms with Gasteiger partial charge >= 0.3 is 0 Å². The molecular formula is C10H13N3O2. The van der Waals surface area contributed by atoms with Gasteiger partial charge in [-0.25, -0.2) is 0 Å². The fourth-order valence-electron chi connectivity index (χ4n) is 1.79. The number of rotatable bonds is 3. The van der Waals surface area contributed by atoms with Crippen LogP contribution in [0.2, 0.25) is 0 Å². The number of carbonyl (C=O) groups is 2. The van der Waals surface area contributed by atoms with E-state index < -0.39 is 0 Å². The van der Waals surface area contributed by atoms with Crippen LogP contribution in [0.1, 0.15) is 12.0 Å². The first-order valence-corrected chi connectivity index (χ1v) is 4.85. The molecule has 1 fully saturated rings. The third-order valence-corrected chi connectivity index (χ3v) is 2.65. The van der Waals surface area contributed by atoms with Crippen LogP contribution in [0, 0.1) is 5.92 Å². The molecule has 0 aliphatic carbocycles. The number of hydrogen-bond acceptors (Lipinski definition) is 2. The van der Waals surface area contributed by atoms with Gasteiger partial charge in [-0.2, -0.15) is 0 Å². The molecule has 15 heavy (non-hydrogen) atoms. The average Bonchev–Trinajstić information content (AvgIpc) is 2.77. The Labute approximate surface area is 87.2 Å². The topological polar surface area (TPSA) is 79.2 Å². The highest BCUT2D eigenvalue weighted by Gasteiger charge is 2.32. The lowest BCUT2D eigenvalue weighted by Crippen LogP contribution is -2.28. The summed E-state index contributed by atoms with van der Waals surface area (Å²) >= 11 is 0. The van der Waals surface area contributed by atoms with Crippen LogP contribution in [0.4, 0.5) is 0 Å². The lowest BCUT2D eigenvalue weighted by atomic mass is 10.1. The Balaban J connectivity index is 2.00. The van der Waals surface area contributed by atoms with Gasteiger partial charge in [-0.3, -0.25) is 9.59 Å². The highest BCUT2D eigenvalue weighted by molar-refractivity contribution is 5.88. The number of nitrogens with two attached hydrogens (primary N) is 1. The van der Waals surface area contributed by atoms with E-state index in [1.54, 1.807) is 11.1 Å². The van der Waals surface area contributed by atoms with Crippen molar-refractivity contribution < 1.29 is 9.59 Å². The molecule has 80 valence electrons. The van der Waals surface area contributed by atoms with Gasteiger partial charge in [-0.1, -0.05) is 0 Å². The van der Waals surface area contributed by atoms with Gasteiger partial charge in [-0.05, 0) is 11.6 Å². The Morgan fingerprint density at radius 3 is 3.00 bits per heavy atom. The zero-order valence-corrected chi connectivity index (χ0v) is 8.27. The summed E-state index contributed by atoms with van der Waals surface area (Å²) in [6, 6.07) is 1.91. The van der Waals surface area contributed by atoms with Crippen molar-refractivity contribution in [3.8, 4) is 0 Å². The summed E-state index contributed by atoms with van der Waals surface area (Å²) in [5.41, 5.74) is 6.21. The molecule has 2 heterocycles. The molecule has 3 N–H and O–H groups in total. The predicted octanol–water partition coefficient (Wildman–Crippen LogP) is -0.152. The summed E-state index contributed by atoms with van der Waals surface area (Å²) < 4.78 is 0. The molecule has 0 radical (unpaired) electrons. The van der Waals surface area contributed by atoms with E-state index in [4.69, 9.17) is 5.73 Å². The molecule has 0 aromatic carbocycles. The molecule has 1 aliphatic rings. The Hall–Kier alpha value is -1.78. The largest absolute Gasteiger partial charge is 0.369 e. The summed E-state index contributed by atoms with van der Waals surface area (Å²) in [5, 5.41) is 0. The minimum absolute atomic E-state index is 0.000000000000000222. The molecule has 5 heteroatoms. The zero-order valence-electron chi connectivity index (χ0n) is 8.27. The van der Waals surface area contributed by atoms with Crippen LogP contribution in [0.25, 0.3) is 0 Å². The van der Waals surface area contributed by atoms with Gasteiger partial charge in [0.15, 0.2) is 0 Å². The van der Waals surface area contributed by atoms with Gasteiger partial charge in [0.2, 0.25) is 11.8 Å². The number of H-pyrrole nitrogens is 1. The maximum atomic E-state index is 11.5. The highest BCUT2D eigenvalue weighted by Crippen LogP contribution is 2.19. The number of amides is 2. The smallest absolute Gasteiger partial charge is 0.223 e. The second kappa shape index (κ2) is 3.76. The maximum absolute atomic E-state index is 11.5. The number of carbonyl (C=O) groups excluding carboxylic acids is 2. The van der Waals surface area contributed by atoms with Crippen molar-refractivity contribution in [1.82, 2.24) is 9.88 Å². The molecule has 1 unspecified atom stereocenters. The van der Waals surface area contributed by atoms with Gasteiger partial charge in [0, 0.05) is 31.9 Å². The van der Waals surface area contributed by atoms with Gasteiger partial charge in [0.25, 0.3) is 0 Å². The Morgan fingerprint density at radius 1 is 1.67 bits per heavy atom. The summed E-state index contributed by atoms with van der Waals surface area (Å²) in [5.74, 6) is -0.712. The fraction of sp³-hybridized carbons (Fsp3) is 0.400. The Kier molecular flexibility index (Phi) is 2.45. The van der Waals surface area contributed by atoms with Gasteiger partial charge < -0.3 is 15.6 Å². The van der Waals surface area contributed by atoms with Crippen LogP contribution in [-0.4, -0.2) is 28.2 Å². The van der Waals surface area contributed by atoms with Gasteiger partial charge in [0.05, 0.1) is 5.92 Å². The van der Waals surface area contributed by atoms with Gasteiger partial charge in [-0.15, -0.1) is 0 Å². The van der Waals surface area contributed by atoms with Crippen LogP contribution < -0.4 is 5.73 Å². The highest BCUT2D eigenvalue weighted by atomic mass is 16.2. The molecule has 2 rings (SSSR count). The Bertz CT molecular complexity index is 372. The molecule has 1 aromatic rings. The molecule has 0 bridgehead atoms. The van der Waals surface area contributed by atoms with Crippen LogP contribution >= 0.6 is 0 Å². The first-order valence-electron chi connectivity index (χ1n) is 4.85. The lowest BCUT2D eigenvalue weighted by Gasteiger charge is -2.14. The predicted molar refractivity (Wildman–Crippen MR) is 53.5 cm³/mol. The number of primary amides is 1. The van der Waals surface area contributed by atoms with Crippen LogP contribution in [0.5, 0.6) is 0 Å². The van der Waals surface area contributed by atoms with Crippen LogP contribution in [0.15, 0.2) is 18.5 Å². The van der Waals surface area contributed by atoms with E-state index in [9.17, 15) is 9.59 Å². The second-order valence-corrected chi connectivity index (χ2v) is 3.80. The molecule has 2 amide bonds. The molecule has 1 aromatic heterocycles. The first-order chi connectivity index (χ1) is 7.16. The maximum Gasteiger partial charge on any atom is 0.223 e. The molecule has 1 atom stereocenters. The number of aromatic nitrogens is 1. The summed E-state index contributed by atoms with van der Waals surface area (Å²) in [6.07, 6.45) is 3.89. The van der Waals surface area contributed by atoms with Crippen molar-refractivity contribution in [2.75, 3.05) is 6.54 Å². The van der Waals surface area contributed by atoms with Crippen molar-refractivity contribution in [2.45, 2.75) is 13.0 Å². The summed E-state index contributed by atoms with van der Waals surface area (Å²) in [4.78, 5) is 27.0.